The lowest BCUT2D eigenvalue weighted by atomic mass is 9.56. The monoisotopic (exact) mass is 206 g/mol. The second kappa shape index (κ2) is 3.33. The zero-order chi connectivity index (χ0) is 10.5. The highest BCUT2D eigenvalue weighted by molar-refractivity contribution is 8.03. The van der Waals surface area contributed by atoms with Gasteiger partial charge in [0.25, 0.3) is 0 Å². The van der Waals surface area contributed by atoms with E-state index in [-0.39, 0.29) is 5.31 Å². The molecule has 4 atom stereocenters. The van der Waals surface area contributed by atoms with Crippen molar-refractivity contribution in [2.75, 3.05) is 0 Å². The smallest absolute Gasteiger partial charge is 0.0743 e. The van der Waals surface area contributed by atoms with Gasteiger partial charge in [-0.2, -0.15) is 0 Å². The fourth-order valence-corrected chi connectivity index (χ4v) is 5.13. The first-order chi connectivity index (χ1) is 6.41. The number of fused-ring (bicyclic) bond motifs is 1. The summed E-state index contributed by atoms with van der Waals surface area (Å²) in [6.07, 6.45) is 2.36. The summed E-state index contributed by atoms with van der Waals surface area (Å²) in [6, 6.07) is 0. The lowest BCUT2D eigenvalue weighted by molar-refractivity contribution is 0.257. The van der Waals surface area contributed by atoms with Gasteiger partial charge in [0.05, 0.1) is 7.85 Å². The molecule has 0 aromatic carbocycles. The molecule has 1 saturated carbocycles. The SMILES string of the molecule is [B]C1(C)CC(C)C2C(C)=C(C)SC2C1. The summed E-state index contributed by atoms with van der Waals surface area (Å²) in [4.78, 5) is 1.55. The zero-order valence-electron chi connectivity index (χ0n) is 9.63. The molecule has 1 fully saturated rings. The summed E-state index contributed by atoms with van der Waals surface area (Å²) < 4.78 is 0. The Morgan fingerprint density at radius 3 is 2.64 bits per heavy atom. The van der Waals surface area contributed by atoms with Gasteiger partial charge >= 0.3 is 0 Å². The number of allylic oxidation sites excluding steroid dienone is 2. The van der Waals surface area contributed by atoms with Gasteiger partial charge in [-0.15, -0.1) is 11.8 Å². The van der Waals surface area contributed by atoms with Crippen LogP contribution in [0, 0.1) is 11.8 Å². The second-order valence-electron chi connectivity index (χ2n) is 5.46. The van der Waals surface area contributed by atoms with Crippen LogP contribution in [-0.4, -0.2) is 13.1 Å². The van der Waals surface area contributed by atoms with E-state index >= 15 is 0 Å². The van der Waals surface area contributed by atoms with Gasteiger partial charge in [0.1, 0.15) is 0 Å². The standard InChI is InChI=1S/C12H19BS/c1-7-5-12(4,13)6-10-11(7)8(2)9(3)14-10/h7,10-11H,5-6H2,1-4H3. The van der Waals surface area contributed by atoms with E-state index < -0.39 is 0 Å². The first-order valence-corrected chi connectivity index (χ1v) is 6.41. The molecule has 0 bridgehead atoms. The van der Waals surface area contributed by atoms with E-state index in [0.717, 1.165) is 17.1 Å². The van der Waals surface area contributed by atoms with Gasteiger partial charge in [0.2, 0.25) is 0 Å². The van der Waals surface area contributed by atoms with Gasteiger partial charge < -0.3 is 0 Å². The first-order valence-electron chi connectivity index (χ1n) is 5.53. The lowest BCUT2D eigenvalue weighted by Gasteiger charge is -2.42. The molecule has 0 spiro atoms. The van der Waals surface area contributed by atoms with Gasteiger partial charge in [0, 0.05) is 5.25 Å². The van der Waals surface area contributed by atoms with Crippen LogP contribution in [0.15, 0.2) is 10.5 Å². The number of hydrogen-bond donors (Lipinski definition) is 0. The molecule has 1 aliphatic carbocycles. The van der Waals surface area contributed by atoms with Crippen molar-refractivity contribution >= 4 is 19.6 Å². The largest absolute Gasteiger partial charge is 0.127 e. The summed E-state index contributed by atoms with van der Waals surface area (Å²) in [5.41, 5.74) is 1.63. The van der Waals surface area contributed by atoms with Gasteiger partial charge in [0.15, 0.2) is 0 Å². The summed E-state index contributed by atoms with van der Waals surface area (Å²) in [5, 5.41) is 0.826. The first kappa shape index (κ1) is 10.7. The molecule has 1 heterocycles. The molecule has 1 aliphatic heterocycles. The summed E-state index contributed by atoms with van der Waals surface area (Å²) in [7, 11) is 6.28. The highest BCUT2D eigenvalue weighted by Gasteiger charge is 2.43. The van der Waals surface area contributed by atoms with Crippen LogP contribution in [0.1, 0.15) is 40.5 Å². The molecular weight excluding hydrogens is 187 g/mol. The molecule has 4 unspecified atom stereocenters. The van der Waals surface area contributed by atoms with Crippen molar-refractivity contribution in [2.45, 2.75) is 51.1 Å². The van der Waals surface area contributed by atoms with Gasteiger partial charge in [-0.05, 0) is 37.0 Å². The van der Waals surface area contributed by atoms with Crippen molar-refractivity contribution in [1.82, 2.24) is 0 Å². The Balaban J connectivity index is 2.23. The third kappa shape index (κ3) is 1.66. The number of hydrogen-bond acceptors (Lipinski definition) is 1. The van der Waals surface area contributed by atoms with Crippen molar-refractivity contribution in [3.8, 4) is 0 Å². The molecule has 14 heavy (non-hydrogen) atoms. The van der Waals surface area contributed by atoms with Crippen molar-refractivity contribution in [3.63, 3.8) is 0 Å². The molecule has 0 aromatic heterocycles. The quantitative estimate of drug-likeness (QED) is 0.543. The third-order valence-electron chi connectivity index (χ3n) is 3.85. The van der Waals surface area contributed by atoms with Crippen LogP contribution in [0.4, 0.5) is 0 Å². The number of thioether (sulfide) groups is 1. The second-order valence-corrected chi connectivity index (χ2v) is 6.91. The Hall–Kier alpha value is 0.155. The molecule has 2 aliphatic rings. The molecular formula is C12H19BS. The van der Waals surface area contributed by atoms with Crippen molar-refractivity contribution < 1.29 is 0 Å². The molecule has 76 valence electrons. The molecule has 0 amide bonds. The van der Waals surface area contributed by atoms with E-state index in [1.54, 1.807) is 10.5 Å². The third-order valence-corrected chi connectivity index (χ3v) is 5.29. The summed E-state index contributed by atoms with van der Waals surface area (Å²) >= 11 is 2.06. The van der Waals surface area contributed by atoms with Gasteiger partial charge in [-0.1, -0.05) is 31.2 Å². The van der Waals surface area contributed by atoms with E-state index in [1.807, 2.05) is 0 Å². The molecule has 2 heteroatoms. The molecule has 0 aromatic rings. The number of rotatable bonds is 0. The van der Waals surface area contributed by atoms with E-state index in [2.05, 4.69) is 39.5 Å². The van der Waals surface area contributed by atoms with Gasteiger partial charge in [-0.25, -0.2) is 0 Å². The van der Waals surface area contributed by atoms with E-state index in [4.69, 9.17) is 7.85 Å². The Labute approximate surface area is 93.3 Å². The van der Waals surface area contributed by atoms with Crippen LogP contribution in [-0.2, 0) is 0 Å². The minimum absolute atomic E-state index is 0.0679. The van der Waals surface area contributed by atoms with Crippen LogP contribution >= 0.6 is 11.8 Å². The van der Waals surface area contributed by atoms with Crippen LogP contribution in [0.25, 0.3) is 0 Å². The van der Waals surface area contributed by atoms with Crippen LogP contribution in [0.5, 0.6) is 0 Å². The van der Waals surface area contributed by atoms with Crippen LogP contribution in [0.2, 0.25) is 5.31 Å². The van der Waals surface area contributed by atoms with Crippen molar-refractivity contribution in [2.24, 2.45) is 11.8 Å². The molecule has 2 radical (unpaired) electrons. The fraction of sp³-hybridized carbons (Fsp3) is 0.833. The highest BCUT2D eigenvalue weighted by Crippen LogP contribution is 2.56. The Morgan fingerprint density at radius 2 is 2.00 bits per heavy atom. The summed E-state index contributed by atoms with van der Waals surface area (Å²) in [5.74, 6) is 1.56. The fourth-order valence-electron chi connectivity index (χ4n) is 3.27. The lowest BCUT2D eigenvalue weighted by Crippen LogP contribution is -2.34. The Morgan fingerprint density at radius 1 is 1.36 bits per heavy atom. The predicted molar refractivity (Wildman–Crippen MR) is 65.8 cm³/mol. The minimum Gasteiger partial charge on any atom is -0.127 e. The van der Waals surface area contributed by atoms with Gasteiger partial charge in [-0.3, -0.25) is 0 Å². The average Bonchev–Trinajstić information content (AvgIpc) is 2.24. The maximum Gasteiger partial charge on any atom is 0.0743 e. The van der Waals surface area contributed by atoms with Crippen molar-refractivity contribution in [3.05, 3.63) is 10.5 Å². The Kier molecular flexibility index (Phi) is 2.54. The minimum atomic E-state index is 0.0679. The highest BCUT2D eigenvalue weighted by atomic mass is 32.2. The maximum atomic E-state index is 6.28. The summed E-state index contributed by atoms with van der Waals surface area (Å²) in [6.45, 7) is 9.15. The van der Waals surface area contributed by atoms with E-state index in [9.17, 15) is 0 Å². The van der Waals surface area contributed by atoms with Crippen molar-refractivity contribution in [1.29, 1.82) is 0 Å². The Bertz CT molecular complexity index is 280. The molecule has 0 N–H and O–H groups in total. The molecule has 2 rings (SSSR count). The van der Waals surface area contributed by atoms with E-state index in [0.29, 0.717) is 0 Å². The van der Waals surface area contributed by atoms with E-state index in [1.165, 1.54) is 12.8 Å². The van der Waals surface area contributed by atoms with Crippen LogP contribution < -0.4 is 0 Å². The normalized spacial score (nSPS) is 48.1. The molecule has 0 nitrogen and oxygen atoms in total. The molecule has 0 saturated heterocycles. The average molecular weight is 206 g/mol. The maximum absolute atomic E-state index is 6.28. The predicted octanol–water partition coefficient (Wildman–Crippen LogP) is 3.79. The zero-order valence-corrected chi connectivity index (χ0v) is 10.4. The van der Waals surface area contributed by atoms with Crippen LogP contribution in [0.3, 0.4) is 0 Å². The topological polar surface area (TPSA) is 0 Å².